The summed E-state index contributed by atoms with van der Waals surface area (Å²) in [4.78, 5) is 39.8. The summed E-state index contributed by atoms with van der Waals surface area (Å²) in [5.74, 6) is -1.44. The van der Waals surface area contributed by atoms with Crippen LogP contribution in [0.1, 0.15) is 24.1 Å². The van der Waals surface area contributed by atoms with Crippen molar-refractivity contribution in [3.63, 3.8) is 0 Å². The minimum atomic E-state index is -0.554. The Morgan fingerprint density at radius 1 is 1.33 bits per heavy atom. The van der Waals surface area contributed by atoms with Gasteiger partial charge in [0.1, 0.15) is 0 Å². The third-order valence-electron chi connectivity index (χ3n) is 2.40. The van der Waals surface area contributed by atoms with Gasteiger partial charge in [-0.05, 0) is 41.1 Å². The zero-order chi connectivity index (χ0) is 13.1. The molecule has 0 aromatic carbocycles. The summed E-state index contributed by atoms with van der Waals surface area (Å²) in [6.45, 7) is 0. The average Bonchev–Trinajstić information content (AvgIpc) is 2.87. The number of carbonyl (C=O) groups excluding carboxylic acids is 3. The third-order valence-corrected chi connectivity index (χ3v) is 4.36. The van der Waals surface area contributed by atoms with Crippen molar-refractivity contribution in [2.45, 2.75) is 25.7 Å². The van der Waals surface area contributed by atoms with Crippen LogP contribution in [0.3, 0.4) is 0 Å². The molecular formula is C11H10INO4S. The van der Waals surface area contributed by atoms with Crippen molar-refractivity contribution in [2.24, 2.45) is 0 Å². The Morgan fingerprint density at radius 3 is 2.56 bits per heavy atom. The third kappa shape index (κ3) is 3.29. The largest absolute Gasteiger partial charge is 0.333 e. The second-order valence-corrected chi connectivity index (χ2v) is 6.81. The SMILES string of the molecule is O=C(CCc1ccc(I)s1)ON1C(=O)CCC1=O. The van der Waals surface area contributed by atoms with Gasteiger partial charge < -0.3 is 4.84 Å². The molecule has 2 rings (SSSR count). The molecule has 1 aliphatic heterocycles. The van der Waals surface area contributed by atoms with Gasteiger partial charge in [-0.2, -0.15) is 0 Å². The summed E-state index contributed by atoms with van der Waals surface area (Å²) >= 11 is 3.81. The number of hydrogen-bond acceptors (Lipinski definition) is 5. The molecule has 18 heavy (non-hydrogen) atoms. The summed E-state index contributed by atoms with van der Waals surface area (Å²) < 4.78 is 1.15. The number of aryl methyl sites for hydroxylation is 1. The van der Waals surface area contributed by atoms with Gasteiger partial charge in [-0.15, -0.1) is 16.4 Å². The van der Waals surface area contributed by atoms with Gasteiger partial charge in [-0.1, -0.05) is 0 Å². The fourth-order valence-electron chi connectivity index (χ4n) is 1.52. The number of rotatable bonds is 4. The highest BCUT2D eigenvalue weighted by molar-refractivity contribution is 14.1. The van der Waals surface area contributed by atoms with Crippen LogP contribution in [0.5, 0.6) is 0 Å². The summed E-state index contributed by atoms with van der Waals surface area (Å²) in [5, 5.41) is 0.584. The van der Waals surface area contributed by atoms with Gasteiger partial charge in [-0.3, -0.25) is 9.59 Å². The van der Waals surface area contributed by atoms with Crippen molar-refractivity contribution in [1.29, 1.82) is 0 Å². The van der Waals surface area contributed by atoms with Crippen LogP contribution in [0.4, 0.5) is 0 Å². The van der Waals surface area contributed by atoms with E-state index in [1.807, 2.05) is 12.1 Å². The van der Waals surface area contributed by atoms with Crippen LogP contribution in [0.2, 0.25) is 0 Å². The molecule has 0 saturated carbocycles. The Bertz CT molecular complexity index is 483. The van der Waals surface area contributed by atoms with E-state index in [0.29, 0.717) is 11.5 Å². The Kier molecular flexibility index (Phi) is 4.33. The standard InChI is InChI=1S/C11H10INO4S/c12-8-3-1-7(18-8)2-6-11(16)17-13-9(14)4-5-10(13)15/h1,3H,2,4-6H2. The lowest BCUT2D eigenvalue weighted by molar-refractivity contribution is -0.197. The predicted octanol–water partition coefficient (Wildman–Crippen LogP) is 1.89. The molecule has 0 atom stereocenters. The number of carbonyl (C=O) groups is 3. The maximum Gasteiger partial charge on any atom is 0.333 e. The highest BCUT2D eigenvalue weighted by Crippen LogP contribution is 2.20. The number of hydrogen-bond donors (Lipinski definition) is 0. The van der Waals surface area contributed by atoms with E-state index in [9.17, 15) is 14.4 Å². The quantitative estimate of drug-likeness (QED) is 0.592. The molecule has 2 amide bonds. The molecule has 1 aromatic heterocycles. The molecule has 0 aliphatic carbocycles. The zero-order valence-electron chi connectivity index (χ0n) is 9.35. The number of amides is 2. The number of imide groups is 1. The molecule has 0 bridgehead atoms. The maximum absolute atomic E-state index is 11.5. The molecular weight excluding hydrogens is 369 g/mol. The Labute approximate surface area is 121 Å². The first kappa shape index (κ1) is 13.5. The maximum atomic E-state index is 11.5. The van der Waals surface area contributed by atoms with E-state index in [2.05, 4.69) is 22.6 Å². The minimum Gasteiger partial charge on any atom is -0.330 e. The highest BCUT2D eigenvalue weighted by Gasteiger charge is 2.32. The van der Waals surface area contributed by atoms with E-state index >= 15 is 0 Å². The van der Waals surface area contributed by atoms with Crippen LogP contribution in [-0.4, -0.2) is 22.8 Å². The van der Waals surface area contributed by atoms with Gasteiger partial charge in [0.05, 0.1) is 9.30 Å². The predicted molar refractivity (Wildman–Crippen MR) is 72.5 cm³/mol. The van der Waals surface area contributed by atoms with Gasteiger partial charge in [0, 0.05) is 17.7 Å². The Balaban J connectivity index is 1.82. The first-order valence-corrected chi connectivity index (χ1v) is 7.26. The lowest BCUT2D eigenvalue weighted by atomic mass is 10.3. The smallest absolute Gasteiger partial charge is 0.330 e. The first-order chi connectivity index (χ1) is 8.56. The van der Waals surface area contributed by atoms with E-state index in [4.69, 9.17) is 4.84 Å². The van der Waals surface area contributed by atoms with Crippen molar-refractivity contribution in [3.05, 3.63) is 19.9 Å². The van der Waals surface area contributed by atoms with Crippen LogP contribution < -0.4 is 0 Å². The second-order valence-electron chi connectivity index (χ2n) is 3.75. The molecule has 1 aromatic rings. The monoisotopic (exact) mass is 379 g/mol. The highest BCUT2D eigenvalue weighted by atomic mass is 127. The Morgan fingerprint density at radius 2 is 2.00 bits per heavy atom. The van der Waals surface area contributed by atoms with Crippen LogP contribution in [0.15, 0.2) is 12.1 Å². The molecule has 1 saturated heterocycles. The number of halogens is 1. The van der Waals surface area contributed by atoms with Crippen molar-refractivity contribution < 1.29 is 19.2 Å². The summed E-state index contributed by atoms with van der Waals surface area (Å²) in [6.07, 6.45) is 0.959. The van der Waals surface area contributed by atoms with Crippen LogP contribution in [0, 0.1) is 2.88 Å². The lowest BCUT2D eigenvalue weighted by Gasteiger charge is -2.12. The van der Waals surface area contributed by atoms with E-state index < -0.39 is 17.8 Å². The molecule has 5 nitrogen and oxygen atoms in total. The van der Waals surface area contributed by atoms with E-state index in [1.165, 1.54) is 0 Å². The van der Waals surface area contributed by atoms with Gasteiger partial charge in [0.2, 0.25) is 0 Å². The normalized spacial score (nSPS) is 15.3. The Hall–Kier alpha value is -0.960. The van der Waals surface area contributed by atoms with Crippen LogP contribution in [-0.2, 0) is 25.6 Å². The van der Waals surface area contributed by atoms with Gasteiger partial charge in [0.25, 0.3) is 11.8 Å². The van der Waals surface area contributed by atoms with E-state index in [1.54, 1.807) is 11.3 Å². The van der Waals surface area contributed by atoms with Crippen LogP contribution in [0.25, 0.3) is 0 Å². The van der Waals surface area contributed by atoms with Crippen molar-refractivity contribution in [1.82, 2.24) is 5.06 Å². The molecule has 0 N–H and O–H groups in total. The lowest BCUT2D eigenvalue weighted by Crippen LogP contribution is -2.32. The van der Waals surface area contributed by atoms with Gasteiger partial charge in [-0.25, -0.2) is 4.79 Å². The van der Waals surface area contributed by atoms with Gasteiger partial charge in [0.15, 0.2) is 0 Å². The fraction of sp³-hybridized carbons (Fsp3) is 0.364. The van der Waals surface area contributed by atoms with Crippen molar-refractivity contribution >= 4 is 51.7 Å². The number of hydroxylamine groups is 2. The first-order valence-electron chi connectivity index (χ1n) is 5.37. The van der Waals surface area contributed by atoms with Gasteiger partial charge >= 0.3 is 5.97 Å². The second kappa shape index (κ2) is 5.79. The molecule has 0 spiro atoms. The van der Waals surface area contributed by atoms with E-state index in [-0.39, 0.29) is 19.3 Å². The van der Waals surface area contributed by atoms with Crippen molar-refractivity contribution in [2.75, 3.05) is 0 Å². The fourth-order valence-corrected chi connectivity index (χ4v) is 3.27. The summed E-state index contributed by atoms with van der Waals surface area (Å²) in [7, 11) is 0. The topological polar surface area (TPSA) is 63.7 Å². The number of thiophene rings is 1. The molecule has 0 radical (unpaired) electrons. The molecule has 1 fully saturated rings. The summed E-state index contributed by atoms with van der Waals surface area (Å²) in [6, 6.07) is 3.92. The summed E-state index contributed by atoms with van der Waals surface area (Å²) in [5.41, 5.74) is 0. The molecule has 7 heteroatoms. The van der Waals surface area contributed by atoms with Crippen LogP contribution >= 0.6 is 33.9 Å². The minimum absolute atomic E-state index is 0.120. The zero-order valence-corrected chi connectivity index (χ0v) is 12.3. The number of nitrogens with zero attached hydrogens (tertiary/aromatic N) is 1. The molecule has 2 heterocycles. The molecule has 0 unspecified atom stereocenters. The molecule has 96 valence electrons. The van der Waals surface area contributed by atoms with Crippen molar-refractivity contribution in [3.8, 4) is 0 Å². The molecule has 1 aliphatic rings. The average molecular weight is 379 g/mol. The van der Waals surface area contributed by atoms with E-state index in [0.717, 1.165) is 7.76 Å².